The molecule has 0 radical (unpaired) electrons. The van der Waals surface area contributed by atoms with E-state index in [-0.39, 0.29) is 6.04 Å². The topological polar surface area (TPSA) is 66.6 Å². The third-order valence-corrected chi connectivity index (χ3v) is 6.85. The molecular formula is C13H27N3O2S. The van der Waals surface area contributed by atoms with E-state index in [0.29, 0.717) is 38.0 Å². The second-order valence-corrected chi connectivity index (χ2v) is 7.96. The van der Waals surface area contributed by atoms with Crippen LogP contribution in [0.5, 0.6) is 0 Å². The molecule has 0 aromatic rings. The van der Waals surface area contributed by atoms with Crippen LogP contribution in [0.4, 0.5) is 0 Å². The SMILES string of the molecule is CC1CCCN(S(=O)(=O)N2CCCC(CN)C2)C1C. The molecule has 2 fully saturated rings. The predicted molar refractivity (Wildman–Crippen MR) is 76.8 cm³/mol. The van der Waals surface area contributed by atoms with Gasteiger partial charge in [-0.15, -0.1) is 0 Å². The molecule has 0 aromatic heterocycles. The van der Waals surface area contributed by atoms with Crippen LogP contribution in [-0.4, -0.2) is 49.2 Å². The highest BCUT2D eigenvalue weighted by atomic mass is 32.2. The Morgan fingerprint density at radius 1 is 1.16 bits per heavy atom. The summed E-state index contributed by atoms with van der Waals surface area (Å²) in [6.45, 7) is 6.67. The third-order valence-electron chi connectivity index (χ3n) is 4.75. The van der Waals surface area contributed by atoms with Crippen molar-refractivity contribution in [1.82, 2.24) is 8.61 Å². The predicted octanol–water partition coefficient (Wildman–Crippen LogP) is 1.02. The maximum Gasteiger partial charge on any atom is 0.282 e. The number of nitrogens with two attached hydrogens (primary N) is 1. The Morgan fingerprint density at radius 3 is 2.53 bits per heavy atom. The zero-order chi connectivity index (χ0) is 14.0. The van der Waals surface area contributed by atoms with Crippen molar-refractivity contribution in [1.29, 1.82) is 0 Å². The van der Waals surface area contributed by atoms with Crippen LogP contribution < -0.4 is 5.73 Å². The van der Waals surface area contributed by atoms with Gasteiger partial charge < -0.3 is 5.73 Å². The minimum absolute atomic E-state index is 0.108. The lowest BCUT2D eigenvalue weighted by Crippen LogP contribution is -2.54. The van der Waals surface area contributed by atoms with E-state index in [9.17, 15) is 8.42 Å². The Morgan fingerprint density at radius 2 is 1.84 bits per heavy atom. The van der Waals surface area contributed by atoms with Crippen LogP contribution in [0.3, 0.4) is 0 Å². The Labute approximate surface area is 117 Å². The molecule has 2 rings (SSSR count). The van der Waals surface area contributed by atoms with E-state index in [2.05, 4.69) is 6.92 Å². The monoisotopic (exact) mass is 289 g/mol. The molecule has 0 bridgehead atoms. The van der Waals surface area contributed by atoms with Crippen molar-refractivity contribution >= 4 is 10.2 Å². The van der Waals surface area contributed by atoms with Gasteiger partial charge >= 0.3 is 0 Å². The molecule has 3 unspecified atom stereocenters. The molecule has 5 nitrogen and oxygen atoms in total. The molecule has 2 N–H and O–H groups in total. The first-order chi connectivity index (χ1) is 8.96. The van der Waals surface area contributed by atoms with E-state index in [4.69, 9.17) is 5.73 Å². The number of rotatable bonds is 3. The van der Waals surface area contributed by atoms with Crippen molar-refractivity contribution in [2.75, 3.05) is 26.2 Å². The summed E-state index contributed by atoms with van der Waals surface area (Å²) in [4.78, 5) is 0. The van der Waals surface area contributed by atoms with Gasteiger partial charge in [0.15, 0.2) is 0 Å². The Kier molecular flexibility index (Phi) is 4.87. The van der Waals surface area contributed by atoms with E-state index in [1.54, 1.807) is 8.61 Å². The first kappa shape index (κ1) is 15.2. The van der Waals surface area contributed by atoms with Crippen molar-refractivity contribution in [2.45, 2.75) is 45.6 Å². The van der Waals surface area contributed by atoms with Crippen LogP contribution in [0.1, 0.15) is 39.5 Å². The molecular weight excluding hydrogens is 262 g/mol. The van der Waals surface area contributed by atoms with Crippen LogP contribution in [-0.2, 0) is 10.2 Å². The van der Waals surface area contributed by atoms with Gasteiger partial charge in [0.2, 0.25) is 0 Å². The molecule has 2 aliphatic heterocycles. The summed E-state index contributed by atoms with van der Waals surface area (Å²) in [6.07, 6.45) is 4.07. The fourth-order valence-electron chi connectivity index (χ4n) is 3.20. The lowest BCUT2D eigenvalue weighted by molar-refractivity contribution is 0.177. The number of nitrogens with zero attached hydrogens (tertiary/aromatic N) is 2. The number of hydrogen-bond donors (Lipinski definition) is 1. The van der Waals surface area contributed by atoms with Gasteiger partial charge in [0.25, 0.3) is 10.2 Å². The van der Waals surface area contributed by atoms with Crippen LogP contribution in [0.25, 0.3) is 0 Å². The Bertz CT molecular complexity index is 399. The smallest absolute Gasteiger partial charge is 0.282 e. The summed E-state index contributed by atoms with van der Waals surface area (Å²) in [6, 6.07) is 0.108. The van der Waals surface area contributed by atoms with Gasteiger partial charge in [-0.05, 0) is 51.0 Å². The lowest BCUT2D eigenvalue weighted by Gasteiger charge is -2.41. The zero-order valence-corrected chi connectivity index (χ0v) is 12.9. The van der Waals surface area contributed by atoms with Gasteiger partial charge in [0, 0.05) is 25.7 Å². The lowest BCUT2D eigenvalue weighted by atomic mass is 9.94. The van der Waals surface area contributed by atoms with Crippen molar-refractivity contribution in [3.05, 3.63) is 0 Å². The van der Waals surface area contributed by atoms with E-state index in [1.165, 1.54) is 0 Å². The van der Waals surface area contributed by atoms with Crippen LogP contribution in [0.15, 0.2) is 0 Å². The van der Waals surface area contributed by atoms with Crippen molar-refractivity contribution < 1.29 is 8.42 Å². The first-order valence-electron chi connectivity index (χ1n) is 7.43. The highest BCUT2D eigenvalue weighted by Crippen LogP contribution is 2.28. The van der Waals surface area contributed by atoms with Gasteiger partial charge in [-0.3, -0.25) is 0 Å². The number of hydrogen-bond acceptors (Lipinski definition) is 3. The minimum Gasteiger partial charge on any atom is -0.330 e. The van der Waals surface area contributed by atoms with E-state index in [0.717, 1.165) is 25.7 Å². The molecule has 6 heteroatoms. The summed E-state index contributed by atoms with van der Waals surface area (Å²) in [5.41, 5.74) is 5.70. The molecule has 0 aliphatic carbocycles. The molecule has 2 saturated heterocycles. The summed E-state index contributed by atoms with van der Waals surface area (Å²) in [5.74, 6) is 0.764. The summed E-state index contributed by atoms with van der Waals surface area (Å²) in [7, 11) is -3.30. The largest absolute Gasteiger partial charge is 0.330 e. The summed E-state index contributed by atoms with van der Waals surface area (Å²) in [5, 5.41) is 0. The molecule has 0 amide bonds. The molecule has 3 atom stereocenters. The van der Waals surface area contributed by atoms with Gasteiger partial charge in [0.1, 0.15) is 0 Å². The van der Waals surface area contributed by atoms with Crippen molar-refractivity contribution in [2.24, 2.45) is 17.6 Å². The highest BCUT2D eigenvalue weighted by molar-refractivity contribution is 7.86. The van der Waals surface area contributed by atoms with E-state index >= 15 is 0 Å². The first-order valence-corrected chi connectivity index (χ1v) is 8.83. The second kappa shape index (κ2) is 6.08. The average Bonchev–Trinajstić information content (AvgIpc) is 2.41. The average molecular weight is 289 g/mol. The van der Waals surface area contributed by atoms with Gasteiger partial charge in [-0.1, -0.05) is 6.92 Å². The fourth-order valence-corrected chi connectivity index (χ4v) is 5.24. The van der Waals surface area contributed by atoms with Crippen molar-refractivity contribution in [3.63, 3.8) is 0 Å². The highest BCUT2D eigenvalue weighted by Gasteiger charge is 2.38. The quantitative estimate of drug-likeness (QED) is 0.843. The maximum absolute atomic E-state index is 12.8. The molecule has 19 heavy (non-hydrogen) atoms. The molecule has 2 heterocycles. The number of piperidine rings is 2. The normalized spacial score (nSPS) is 35.4. The Hall–Kier alpha value is -0.170. The standard InChI is InChI=1S/C13H27N3O2S/c1-11-5-3-8-16(12(11)2)19(17,18)15-7-4-6-13(9-14)10-15/h11-13H,3-10,14H2,1-2H3. The molecule has 0 aromatic carbocycles. The minimum atomic E-state index is -3.30. The zero-order valence-electron chi connectivity index (χ0n) is 12.1. The fraction of sp³-hybridized carbons (Fsp3) is 1.00. The summed E-state index contributed by atoms with van der Waals surface area (Å²) < 4.78 is 28.9. The van der Waals surface area contributed by atoms with Gasteiger partial charge in [0.05, 0.1) is 0 Å². The molecule has 0 saturated carbocycles. The van der Waals surface area contributed by atoms with Gasteiger partial charge in [-0.2, -0.15) is 17.0 Å². The molecule has 0 spiro atoms. The maximum atomic E-state index is 12.8. The second-order valence-electron chi connectivity index (χ2n) is 6.08. The van der Waals surface area contributed by atoms with Crippen LogP contribution >= 0.6 is 0 Å². The van der Waals surface area contributed by atoms with Crippen molar-refractivity contribution in [3.8, 4) is 0 Å². The Balaban J connectivity index is 2.12. The third kappa shape index (κ3) is 3.12. The van der Waals surface area contributed by atoms with E-state index in [1.807, 2.05) is 6.92 Å². The van der Waals surface area contributed by atoms with E-state index < -0.39 is 10.2 Å². The molecule has 2 aliphatic rings. The van der Waals surface area contributed by atoms with Gasteiger partial charge in [-0.25, -0.2) is 0 Å². The summed E-state index contributed by atoms with van der Waals surface area (Å²) >= 11 is 0. The van der Waals surface area contributed by atoms with Crippen LogP contribution in [0.2, 0.25) is 0 Å². The molecule has 112 valence electrons. The van der Waals surface area contributed by atoms with Crippen LogP contribution in [0, 0.1) is 11.8 Å².